The molecular formula is C13H14O4. The van der Waals surface area contributed by atoms with Crippen molar-refractivity contribution in [3.05, 3.63) is 23.5 Å². The molecular weight excluding hydrogens is 220 g/mol. The van der Waals surface area contributed by atoms with Crippen molar-refractivity contribution in [2.24, 2.45) is 0 Å². The number of allylic oxidation sites excluding steroid dienone is 1. The normalized spacial score (nSPS) is 41.6. The van der Waals surface area contributed by atoms with Gasteiger partial charge in [0.1, 0.15) is 18.0 Å². The molecule has 0 aromatic heterocycles. The molecule has 2 heterocycles. The van der Waals surface area contributed by atoms with E-state index < -0.39 is 0 Å². The monoisotopic (exact) mass is 234 g/mol. The Kier molecular flexibility index (Phi) is 1.99. The summed E-state index contributed by atoms with van der Waals surface area (Å²) in [6, 6.07) is 0. The van der Waals surface area contributed by atoms with Gasteiger partial charge >= 0.3 is 5.97 Å². The predicted octanol–water partition coefficient (Wildman–Crippen LogP) is 1.46. The van der Waals surface area contributed by atoms with E-state index in [-0.39, 0.29) is 18.2 Å². The Morgan fingerprint density at radius 3 is 2.53 bits per heavy atom. The van der Waals surface area contributed by atoms with Gasteiger partial charge in [0.05, 0.1) is 12.2 Å². The number of rotatable bonds is 2. The first-order chi connectivity index (χ1) is 8.29. The highest BCUT2D eigenvalue weighted by atomic mass is 16.6. The van der Waals surface area contributed by atoms with Gasteiger partial charge < -0.3 is 14.2 Å². The fourth-order valence-corrected chi connectivity index (χ4v) is 2.64. The zero-order valence-corrected chi connectivity index (χ0v) is 9.43. The van der Waals surface area contributed by atoms with Crippen LogP contribution in [-0.2, 0) is 19.0 Å². The van der Waals surface area contributed by atoms with E-state index in [2.05, 4.69) is 0 Å². The van der Waals surface area contributed by atoms with Gasteiger partial charge in [-0.2, -0.15) is 0 Å². The van der Waals surface area contributed by atoms with Crippen LogP contribution in [0.1, 0.15) is 25.7 Å². The topological polar surface area (TPSA) is 51.4 Å². The second-order valence-electron chi connectivity index (χ2n) is 5.07. The maximum absolute atomic E-state index is 11.9. The van der Waals surface area contributed by atoms with Gasteiger partial charge in [-0.15, -0.1) is 0 Å². The summed E-state index contributed by atoms with van der Waals surface area (Å²) in [6.07, 6.45) is 8.45. The van der Waals surface area contributed by atoms with Crippen LogP contribution in [0.5, 0.6) is 0 Å². The zero-order valence-electron chi connectivity index (χ0n) is 9.43. The number of carbonyl (C=O) groups excluding carboxylic acids is 1. The van der Waals surface area contributed by atoms with Crippen LogP contribution in [-0.4, -0.2) is 30.4 Å². The Morgan fingerprint density at radius 2 is 1.82 bits per heavy atom. The molecule has 0 aromatic carbocycles. The molecule has 4 rings (SSSR count). The van der Waals surface area contributed by atoms with Gasteiger partial charge in [0.2, 0.25) is 0 Å². The quantitative estimate of drug-likeness (QED) is 0.536. The number of fused-ring (bicyclic) bond motifs is 2. The highest BCUT2D eigenvalue weighted by Gasteiger charge is 2.42. The van der Waals surface area contributed by atoms with E-state index in [9.17, 15) is 4.79 Å². The van der Waals surface area contributed by atoms with Crippen molar-refractivity contribution in [2.75, 3.05) is 0 Å². The van der Waals surface area contributed by atoms with E-state index in [4.69, 9.17) is 14.2 Å². The van der Waals surface area contributed by atoms with Gasteiger partial charge in [-0.1, -0.05) is 0 Å². The molecule has 90 valence electrons. The Labute approximate surface area is 99.2 Å². The van der Waals surface area contributed by atoms with Crippen molar-refractivity contribution in [1.29, 1.82) is 0 Å². The lowest BCUT2D eigenvalue weighted by Gasteiger charge is -2.13. The third-order valence-electron chi connectivity index (χ3n) is 3.82. The van der Waals surface area contributed by atoms with E-state index in [0.717, 1.165) is 37.0 Å². The predicted molar refractivity (Wildman–Crippen MR) is 58.0 cm³/mol. The molecule has 0 spiro atoms. The molecule has 4 nitrogen and oxygen atoms in total. The average molecular weight is 234 g/mol. The smallest absolute Gasteiger partial charge is 0.338 e. The summed E-state index contributed by atoms with van der Waals surface area (Å²) in [5, 5.41) is 0. The summed E-state index contributed by atoms with van der Waals surface area (Å²) in [4.78, 5) is 11.9. The van der Waals surface area contributed by atoms with Crippen molar-refractivity contribution in [3.8, 4) is 0 Å². The fraction of sp³-hybridized carbons (Fsp3) is 0.615. The molecule has 2 aliphatic carbocycles. The van der Waals surface area contributed by atoms with Crippen LogP contribution < -0.4 is 0 Å². The van der Waals surface area contributed by atoms with Gasteiger partial charge in [0.15, 0.2) is 0 Å². The Bertz CT molecular complexity index is 437. The second-order valence-corrected chi connectivity index (χ2v) is 5.07. The van der Waals surface area contributed by atoms with E-state index in [0.29, 0.717) is 12.2 Å². The highest BCUT2D eigenvalue weighted by molar-refractivity contribution is 5.89. The molecule has 4 heteroatoms. The van der Waals surface area contributed by atoms with Crippen LogP contribution in [0, 0.1) is 0 Å². The first kappa shape index (κ1) is 9.85. The summed E-state index contributed by atoms with van der Waals surface area (Å²) in [7, 11) is 0. The number of esters is 1. The molecule has 0 amide bonds. The lowest BCUT2D eigenvalue weighted by molar-refractivity contribution is -0.135. The first-order valence-electron chi connectivity index (χ1n) is 6.24. The molecule has 0 bridgehead atoms. The van der Waals surface area contributed by atoms with E-state index in [1.54, 1.807) is 0 Å². The summed E-state index contributed by atoms with van der Waals surface area (Å²) < 4.78 is 16.1. The van der Waals surface area contributed by atoms with Gasteiger partial charge in [0.25, 0.3) is 0 Å². The SMILES string of the molecule is O=C(OC1=CC2OC2CC1)C1=CC2OC2CC1. The lowest BCUT2D eigenvalue weighted by Crippen LogP contribution is -2.14. The molecule has 17 heavy (non-hydrogen) atoms. The molecule has 0 aromatic rings. The van der Waals surface area contributed by atoms with Crippen molar-refractivity contribution in [3.63, 3.8) is 0 Å². The number of hydrogen-bond donors (Lipinski definition) is 0. The van der Waals surface area contributed by atoms with Crippen molar-refractivity contribution in [1.82, 2.24) is 0 Å². The van der Waals surface area contributed by atoms with Crippen LogP contribution in [0.25, 0.3) is 0 Å². The van der Waals surface area contributed by atoms with Gasteiger partial charge in [-0.25, -0.2) is 4.79 Å². The fourth-order valence-electron chi connectivity index (χ4n) is 2.64. The highest BCUT2D eigenvalue weighted by Crippen LogP contribution is 2.37. The maximum atomic E-state index is 11.9. The minimum atomic E-state index is -0.204. The van der Waals surface area contributed by atoms with Crippen molar-refractivity contribution >= 4 is 5.97 Å². The van der Waals surface area contributed by atoms with E-state index >= 15 is 0 Å². The average Bonchev–Trinajstić information content (AvgIpc) is 3.22. The minimum Gasteiger partial charge on any atom is -0.428 e. The van der Waals surface area contributed by atoms with Crippen LogP contribution >= 0.6 is 0 Å². The van der Waals surface area contributed by atoms with Crippen LogP contribution in [0.4, 0.5) is 0 Å². The molecule has 0 N–H and O–H groups in total. The van der Waals surface area contributed by atoms with E-state index in [1.165, 1.54) is 0 Å². The number of carbonyl (C=O) groups is 1. The molecule has 4 unspecified atom stereocenters. The van der Waals surface area contributed by atoms with Gasteiger partial charge in [-0.3, -0.25) is 0 Å². The van der Waals surface area contributed by atoms with Gasteiger partial charge in [0, 0.05) is 12.0 Å². The molecule has 2 fully saturated rings. The third-order valence-corrected chi connectivity index (χ3v) is 3.82. The number of epoxide rings is 2. The van der Waals surface area contributed by atoms with Crippen LogP contribution in [0.3, 0.4) is 0 Å². The third kappa shape index (κ3) is 1.81. The summed E-state index contributed by atoms with van der Waals surface area (Å²) >= 11 is 0. The molecule has 4 atom stereocenters. The first-order valence-corrected chi connectivity index (χ1v) is 6.24. The number of ether oxygens (including phenoxy) is 3. The van der Waals surface area contributed by atoms with E-state index in [1.807, 2.05) is 12.2 Å². The molecule has 2 saturated heterocycles. The van der Waals surface area contributed by atoms with Crippen molar-refractivity contribution < 1.29 is 19.0 Å². The summed E-state index contributed by atoms with van der Waals surface area (Å²) in [6.45, 7) is 0. The molecule has 4 aliphatic rings. The largest absolute Gasteiger partial charge is 0.428 e. The Balaban J connectivity index is 1.43. The summed E-state index contributed by atoms with van der Waals surface area (Å²) in [5.74, 6) is 0.567. The van der Waals surface area contributed by atoms with Crippen LogP contribution in [0.2, 0.25) is 0 Å². The van der Waals surface area contributed by atoms with Crippen LogP contribution in [0.15, 0.2) is 23.5 Å². The number of hydrogen-bond acceptors (Lipinski definition) is 4. The Morgan fingerprint density at radius 1 is 1.12 bits per heavy atom. The maximum Gasteiger partial charge on any atom is 0.338 e. The van der Waals surface area contributed by atoms with Gasteiger partial charge in [-0.05, 0) is 31.4 Å². The molecule has 2 aliphatic heterocycles. The zero-order chi connectivity index (χ0) is 11.4. The molecule has 0 radical (unpaired) electrons. The lowest BCUT2D eigenvalue weighted by atomic mass is 10.00. The standard InChI is InChI=1S/C13H14O4/c14-13(7-1-3-9-11(5-7)16-9)15-8-2-4-10-12(6-8)17-10/h5-6,9-12H,1-4H2. The second kappa shape index (κ2) is 3.43. The van der Waals surface area contributed by atoms with Crippen molar-refractivity contribution in [2.45, 2.75) is 50.1 Å². The summed E-state index contributed by atoms with van der Waals surface area (Å²) in [5.41, 5.74) is 0.767. The molecule has 0 saturated carbocycles. The minimum absolute atomic E-state index is 0.169. The Hall–Kier alpha value is -1.13.